The molecule has 6 aliphatic rings. The average Bonchev–Trinajstić information content (AvgIpc) is 3.85. The number of carbonyl (C=O) groups is 2. The van der Waals surface area contributed by atoms with E-state index in [1.54, 1.807) is 0 Å². The second-order valence-corrected chi connectivity index (χ2v) is 21.8. The number of hydrogen-bond acceptors (Lipinski definition) is 9. The van der Waals surface area contributed by atoms with Gasteiger partial charge in [0.25, 0.3) is 0 Å². The molecule has 6 saturated heterocycles. The van der Waals surface area contributed by atoms with Crippen molar-refractivity contribution in [2.75, 3.05) is 98.2 Å². The zero-order chi connectivity index (χ0) is 45.9. The molecule has 3 amide bonds. The molecule has 0 radical (unpaired) electrons. The molecule has 6 rings (SSSR count). The first-order chi connectivity index (χ1) is 27.6. The molecule has 0 saturated carbocycles. The highest BCUT2D eigenvalue weighted by molar-refractivity contribution is 5.81. The summed E-state index contributed by atoms with van der Waals surface area (Å²) >= 11 is 0. The molecular weight excluding hydrogens is 749 g/mol. The Morgan fingerprint density at radius 1 is 0.467 bits per heavy atom. The lowest BCUT2D eigenvalue weighted by atomic mass is 10.0. The van der Waals surface area contributed by atoms with Gasteiger partial charge in [-0.25, -0.2) is 4.79 Å². The van der Waals surface area contributed by atoms with Crippen LogP contribution >= 0.6 is 0 Å². The minimum Gasteiger partial charge on any atom is -0.386 e. The standard InChI is InChI=1S/C9H16N2O.C9H18N2.C9H19N.C8H18N2.C7H15N.C6H12N2O/c1-7-5-11(9(2,3)4)6-8(12)10-7;1-8-7-11(6-5-10-8)9(2,3)4;1-9(2,3)10-7-5-4-6-8-10;1-8(2,3)10-6-4-9-5-7-10;1-7(2)8-5-3-4-6-8;1-5(2)8-4-3-7-6(8)9/h1,5-6H2,2-4H3,(H,10,12);10H,1,5-7H2,2-4H3;4-8H2,1-3H3;9H,4-7H2,1-3H3;7H,3-6H2,1-2H3;5H,3-4H2,1-2H3,(H,7,9). The number of carbonyl (C=O) groups excluding carboxylic acids is 2. The van der Waals surface area contributed by atoms with Crippen molar-refractivity contribution >= 4 is 11.9 Å². The van der Waals surface area contributed by atoms with E-state index in [0.29, 0.717) is 23.7 Å². The Labute approximate surface area is 371 Å². The van der Waals surface area contributed by atoms with Crippen LogP contribution in [0.2, 0.25) is 0 Å². The van der Waals surface area contributed by atoms with Gasteiger partial charge in [-0.3, -0.25) is 24.4 Å². The molecule has 0 aromatic carbocycles. The summed E-state index contributed by atoms with van der Waals surface area (Å²) in [7, 11) is 0. The Morgan fingerprint density at radius 2 is 0.900 bits per heavy atom. The van der Waals surface area contributed by atoms with E-state index in [2.05, 4.69) is 156 Å². The number of amides is 3. The van der Waals surface area contributed by atoms with Gasteiger partial charge in [0.15, 0.2) is 0 Å². The van der Waals surface area contributed by atoms with Crippen LogP contribution in [0.25, 0.3) is 0 Å². The molecule has 12 heteroatoms. The summed E-state index contributed by atoms with van der Waals surface area (Å²) < 4.78 is 0. The van der Waals surface area contributed by atoms with Gasteiger partial charge in [0.1, 0.15) is 0 Å². The van der Waals surface area contributed by atoms with Crippen LogP contribution in [0.1, 0.15) is 143 Å². The molecule has 0 aromatic rings. The topological polar surface area (TPSA) is 102 Å². The molecule has 0 aliphatic carbocycles. The molecule has 60 heavy (non-hydrogen) atoms. The third kappa shape index (κ3) is 23.3. The molecule has 6 aliphatic heterocycles. The molecule has 0 spiro atoms. The van der Waals surface area contributed by atoms with E-state index < -0.39 is 0 Å². The lowest BCUT2D eigenvalue weighted by molar-refractivity contribution is -0.124. The van der Waals surface area contributed by atoms with Gasteiger partial charge in [0.2, 0.25) is 5.91 Å². The van der Waals surface area contributed by atoms with Crippen molar-refractivity contribution in [1.82, 2.24) is 50.7 Å². The zero-order valence-electron chi connectivity index (χ0n) is 42.2. The van der Waals surface area contributed by atoms with Crippen LogP contribution in [0.4, 0.5) is 4.79 Å². The summed E-state index contributed by atoms with van der Waals surface area (Å²) in [5.74, 6) is 0.0428. The minimum atomic E-state index is 0.0424. The zero-order valence-corrected chi connectivity index (χ0v) is 42.2. The molecule has 0 atom stereocenters. The summed E-state index contributed by atoms with van der Waals surface area (Å²) in [5, 5.41) is 12.0. The fourth-order valence-corrected chi connectivity index (χ4v) is 7.65. The molecule has 4 N–H and O–H groups in total. The molecule has 0 bridgehead atoms. The molecule has 352 valence electrons. The summed E-state index contributed by atoms with van der Waals surface area (Å²) in [4.78, 5) is 35.9. The lowest BCUT2D eigenvalue weighted by Gasteiger charge is -2.39. The van der Waals surface area contributed by atoms with Gasteiger partial charge in [-0.2, -0.15) is 0 Å². The Bertz CT molecular complexity index is 1200. The first-order valence-electron chi connectivity index (χ1n) is 23.5. The quantitative estimate of drug-likeness (QED) is 0.239. The largest absolute Gasteiger partial charge is 0.386 e. The predicted molar refractivity (Wildman–Crippen MR) is 258 cm³/mol. The number of urea groups is 1. The predicted octanol–water partition coefficient (Wildman–Crippen LogP) is 6.81. The van der Waals surface area contributed by atoms with Gasteiger partial charge in [-0.15, -0.1) is 0 Å². The van der Waals surface area contributed by atoms with Gasteiger partial charge >= 0.3 is 6.03 Å². The molecular formula is C48H98N10O2. The number of nitrogens with zero attached hydrogens (tertiary/aromatic N) is 6. The van der Waals surface area contributed by atoms with E-state index >= 15 is 0 Å². The van der Waals surface area contributed by atoms with Crippen molar-refractivity contribution in [3.8, 4) is 0 Å². The molecule has 6 fully saturated rings. The van der Waals surface area contributed by atoms with E-state index in [1.165, 1.54) is 71.4 Å². The first kappa shape index (κ1) is 55.8. The normalized spacial score (nSPS) is 21.7. The third-order valence-electron chi connectivity index (χ3n) is 11.8. The molecule has 6 heterocycles. The fraction of sp³-hybridized carbons (Fsp3) is 0.875. The highest BCUT2D eigenvalue weighted by Gasteiger charge is 2.28. The number of nitrogens with one attached hydrogen (secondary N) is 4. The summed E-state index contributed by atoms with van der Waals surface area (Å²) in [6.07, 6.45) is 7.07. The maximum atomic E-state index is 11.1. The second kappa shape index (κ2) is 26.4. The molecule has 0 unspecified atom stereocenters. The lowest BCUT2D eigenvalue weighted by Crippen LogP contribution is -2.53. The number of piperidine rings is 1. The Kier molecular flexibility index (Phi) is 24.6. The number of rotatable bonds is 2. The minimum absolute atomic E-state index is 0.0424. The highest BCUT2D eigenvalue weighted by Crippen LogP contribution is 2.20. The van der Waals surface area contributed by atoms with Gasteiger partial charge in [0.05, 0.1) is 6.54 Å². The summed E-state index contributed by atoms with van der Waals surface area (Å²) in [6.45, 7) is 59.0. The van der Waals surface area contributed by atoms with Crippen molar-refractivity contribution in [2.24, 2.45) is 0 Å². The van der Waals surface area contributed by atoms with Crippen molar-refractivity contribution in [3.05, 3.63) is 24.6 Å². The number of piperazine rings is 3. The van der Waals surface area contributed by atoms with Crippen LogP contribution < -0.4 is 21.3 Å². The maximum Gasteiger partial charge on any atom is 0.317 e. The van der Waals surface area contributed by atoms with Gasteiger partial charge in [0, 0.05) is 111 Å². The van der Waals surface area contributed by atoms with E-state index in [-0.39, 0.29) is 23.0 Å². The number of likely N-dealkylation sites (tertiary alicyclic amines) is 2. The first-order valence-corrected chi connectivity index (χ1v) is 23.5. The van der Waals surface area contributed by atoms with Crippen molar-refractivity contribution in [1.29, 1.82) is 0 Å². The van der Waals surface area contributed by atoms with Gasteiger partial charge < -0.3 is 31.1 Å². The van der Waals surface area contributed by atoms with Crippen molar-refractivity contribution in [2.45, 2.75) is 177 Å². The Morgan fingerprint density at radius 3 is 1.22 bits per heavy atom. The fourth-order valence-electron chi connectivity index (χ4n) is 7.65. The van der Waals surface area contributed by atoms with E-state index in [9.17, 15) is 9.59 Å². The average molecular weight is 847 g/mol. The van der Waals surface area contributed by atoms with Crippen LogP contribution in [0.5, 0.6) is 0 Å². The van der Waals surface area contributed by atoms with Crippen LogP contribution in [-0.4, -0.2) is 174 Å². The van der Waals surface area contributed by atoms with Crippen LogP contribution in [0.15, 0.2) is 24.6 Å². The summed E-state index contributed by atoms with van der Waals surface area (Å²) in [6, 6.07) is 1.19. The van der Waals surface area contributed by atoms with Crippen molar-refractivity contribution < 1.29 is 9.59 Å². The van der Waals surface area contributed by atoms with Crippen LogP contribution in [0, 0.1) is 0 Å². The Hall–Kier alpha value is -2.22. The highest BCUT2D eigenvalue weighted by atomic mass is 16.2. The van der Waals surface area contributed by atoms with E-state index in [4.69, 9.17) is 0 Å². The third-order valence-corrected chi connectivity index (χ3v) is 11.8. The second-order valence-electron chi connectivity index (χ2n) is 21.8. The SMILES string of the molecule is C=C1CN(C(C)(C)C)CC(=O)N1.C=C1CN(C(C)(C)C)CCN1.CC(C)(C)N1CCCCC1.CC(C)(C)N1CCNCC1.CC(C)N1CCCC1.CC(C)N1CCNC1=O. The molecule has 0 aromatic heterocycles. The Balaban J connectivity index is 0.000000361. The smallest absolute Gasteiger partial charge is 0.317 e. The van der Waals surface area contributed by atoms with Crippen molar-refractivity contribution in [3.63, 3.8) is 0 Å². The van der Waals surface area contributed by atoms with Crippen LogP contribution in [0.3, 0.4) is 0 Å². The van der Waals surface area contributed by atoms with Gasteiger partial charge in [-0.05, 0) is 163 Å². The van der Waals surface area contributed by atoms with Crippen LogP contribution in [-0.2, 0) is 4.79 Å². The number of hydrogen-bond donors (Lipinski definition) is 4. The van der Waals surface area contributed by atoms with E-state index in [1.807, 2.05) is 18.7 Å². The van der Waals surface area contributed by atoms with E-state index in [0.717, 1.165) is 69.8 Å². The molecule has 12 nitrogen and oxygen atoms in total. The summed E-state index contributed by atoms with van der Waals surface area (Å²) in [5.41, 5.74) is 3.03. The van der Waals surface area contributed by atoms with Gasteiger partial charge in [-0.1, -0.05) is 19.6 Å². The maximum absolute atomic E-state index is 11.1. The monoisotopic (exact) mass is 847 g/mol.